The molecule has 1 fully saturated rings. The molecule has 30 heavy (non-hydrogen) atoms. The summed E-state index contributed by atoms with van der Waals surface area (Å²) in [6.45, 7) is 2.98. The maximum atomic E-state index is 12.9. The van der Waals surface area contributed by atoms with Gasteiger partial charge in [0.25, 0.3) is 0 Å². The molecule has 2 rings (SSSR count). The van der Waals surface area contributed by atoms with E-state index in [0.717, 1.165) is 57.1 Å². The van der Waals surface area contributed by atoms with Crippen LogP contribution in [0.5, 0.6) is 0 Å². The number of Topliss-reactive ketones (excluding diaryl/α,β-unsaturated/α-hetero) is 1. The Morgan fingerprint density at radius 1 is 1.00 bits per heavy atom. The highest BCUT2D eigenvalue weighted by molar-refractivity contribution is 5.97. The minimum Gasteiger partial charge on any atom is -0.349 e. The Kier molecular flexibility index (Phi) is 10.6. The average molecular weight is 415 g/mol. The number of benzene rings is 1. The fourth-order valence-corrected chi connectivity index (χ4v) is 4.63. The molecule has 1 saturated carbocycles. The fourth-order valence-electron chi connectivity index (χ4n) is 4.63. The first-order valence-electron chi connectivity index (χ1n) is 12.0. The molecule has 0 aliphatic heterocycles. The summed E-state index contributed by atoms with van der Waals surface area (Å²) in [6, 6.07) is 8.43. The monoisotopic (exact) mass is 414 g/mol. The van der Waals surface area contributed by atoms with Gasteiger partial charge in [0.05, 0.1) is 0 Å². The van der Waals surface area contributed by atoms with Gasteiger partial charge in [0.2, 0.25) is 5.91 Å². The third-order valence-electron chi connectivity index (χ3n) is 6.82. The number of rotatable bonds is 12. The Bertz CT molecular complexity index is 646. The van der Waals surface area contributed by atoms with E-state index in [1.807, 2.05) is 26.2 Å². The summed E-state index contributed by atoms with van der Waals surface area (Å²) in [5.74, 6) is 1.81. The highest BCUT2D eigenvalue weighted by Gasteiger charge is 2.26. The normalized spacial score (nSPS) is 20.0. The first-order chi connectivity index (χ1) is 14.5. The molecule has 4 heteroatoms. The number of nitrogens with zero attached hydrogens (tertiary/aromatic N) is 1. The summed E-state index contributed by atoms with van der Waals surface area (Å²) < 4.78 is 0. The SMILES string of the molecule is CCCCC(CCCCC(=O)N(C)C)c1ccc(C(=O)C2CCC(CN)CC2)cc1. The number of amides is 1. The van der Waals surface area contributed by atoms with Gasteiger partial charge in [-0.1, -0.05) is 50.5 Å². The summed E-state index contributed by atoms with van der Waals surface area (Å²) in [4.78, 5) is 26.4. The lowest BCUT2D eigenvalue weighted by Gasteiger charge is -2.26. The third kappa shape index (κ3) is 7.54. The summed E-state index contributed by atoms with van der Waals surface area (Å²) in [5, 5.41) is 0. The van der Waals surface area contributed by atoms with Crippen molar-refractivity contribution in [3.63, 3.8) is 0 Å². The lowest BCUT2D eigenvalue weighted by Crippen LogP contribution is -2.25. The van der Waals surface area contributed by atoms with Gasteiger partial charge in [-0.3, -0.25) is 9.59 Å². The van der Waals surface area contributed by atoms with E-state index < -0.39 is 0 Å². The van der Waals surface area contributed by atoms with Crippen LogP contribution < -0.4 is 5.73 Å². The molecule has 1 aromatic carbocycles. The third-order valence-corrected chi connectivity index (χ3v) is 6.82. The van der Waals surface area contributed by atoms with Gasteiger partial charge in [0.1, 0.15) is 0 Å². The predicted molar refractivity (Wildman–Crippen MR) is 125 cm³/mol. The smallest absolute Gasteiger partial charge is 0.222 e. The Hall–Kier alpha value is -1.68. The van der Waals surface area contributed by atoms with Gasteiger partial charge in [0.15, 0.2) is 5.78 Å². The van der Waals surface area contributed by atoms with E-state index in [0.29, 0.717) is 24.0 Å². The zero-order chi connectivity index (χ0) is 21.9. The molecule has 4 nitrogen and oxygen atoms in total. The largest absolute Gasteiger partial charge is 0.349 e. The quantitative estimate of drug-likeness (QED) is 0.360. The lowest BCUT2D eigenvalue weighted by molar-refractivity contribution is -0.128. The van der Waals surface area contributed by atoms with Crippen LogP contribution in [0.15, 0.2) is 24.3 Å². The van der Waals surface area contributed by atoms with Crippen LogP contribution in [0.4, 0.5) is 0 Å². The molecule has 0 radical (unpaired) electrons. The number of hydrogen-bond acceptors (Lipinski definition) is 3. The summed E-state index contributed by atoms with van der Waals surface area (Å²) in [5.41, 5.74) is 7.98. The number of unbranched alkanes of at least 4 members (excludes halogenated alkanes) is 2. The van der Waals surface area contributed by atoms with Gasteiger partial charge in [-0.05, 0) is 68.9 Å². The van der Waals surface area contributed by atoms with E-state index in [-0.39, 0.29) is 11.8 Å². The van der Waals surface area contributed by atoms with E-state index in [1.165, 1.54) is 24.8 Å². The molecule has 1 aliphatic rings. The molecule has 1 aromatic rings. The Morgan fingerprint density at radius 2 is 1.63 bits per heavy atom. The van der Waals surface area contributed by atoms with Crippen molar-refractivity contribution in [1.29, 1.82) is 0 Å². The van der Waals surface area contributed by atoms with Crippen LogP contribution in [0.3, 0.4) is 0 Å². The number of carbonyl (C=O) groups is 2. The van der Waals surface area contributed by atoms with Gasteiger partial charge < -0.3 is 10.6 Å². The molecule has 0 heterocycles. The van der Waals surface area contributed by atoms with Gasteiger partial charge in [-0.15, -0.1) is 0 Å². The zero-order valence-electron chi connectivity index (χ0n) is 19.4. The van der Waals surface area contributed by atoms with Gasteiger partial charge >= 0.3 is 0 Å². The molecule has 1 unspecified atom stereocenters. The second-order valence-corrected chi connectivity index (χ2v) is 9.31. The first kappa shape index (κ1) is 24.6. The van der Waals surface area contributed by atoms with Crippen molar-refractivity contribution in [3.05, 3.63) is 35.4 Å². The molecule has 1 atom stereocenters. The molecular formula is C26H42N2O2. The molecule has 1 aliphatic carbocycles. The van der Waals surface area contributed by atoms with Crippen LogP contribution in [0, 0.1) is 11.8 Å². The van der Waals surface area contributed by atoms with Crippen LogP contribution in [-0.2, 0) is 4.79 Å². The van der Waals surface area contributed by atoms with Crippen molar-refractivity contribution in [2.45, 2.75) is 83.5 Å². The maximum absolute atomic E-state index is 12.9. The van der Waals surface area contributed by atoms with Gasteiger partial charge in [0, 0.05) is 32.0 Å². The second-order valence-electron chi connectivity index (χ2n) is 9.31. The molecule has 0 spiro atoms. The molecule has 1 amide bonds. The van der Waals surface area contributed by atoms with Crippen molar-refractivity contribution in [3.8, 4) is 0 Å². The van der Waals surface area contributed by atoms with E-state index in [1.54, 1.807) is 4.90 Å². The molecule has 168 valence electrons. The Labute approximate surface area is 183 Å². The highest BCUT2D eigenvalue weighted by atomic mass is 16.2. The number of ketones is 1. The van der Waals surface area contributed by atoms with E-state index in [2.05, 4.69) is 19.1 Å². The van der Waals surface area contributed by atoms with Crippen LogP contribution in [0.2, 0.25) is 0 Å². The number of carbonyl (C=O) groups excluding carboxylic acids is 2. The van der Waals surface area contributed by atoms with E-state index >= 15 is 0 Å². The summed E-state index contributed by atoms with van der Waals surface area (Å²) in [6.07, 6.45) is 11.5. The second kappa shape index (κ2) is 12.9. The predicted octanol–water partition coefficient (Wildman–Crippen LogP) is 5.56. The minimum absolute atomic E-state index is 0.170. The standard InChI is InChI=1S/C26H42N2O2/c1-4-5-8-21(9-6-7-10-25(29)28(2)3)22-15-17-24(18-16-22)26(30)23-13-11-20(19-27)12-14-23/h15-18,20-21,23H,4-14,19,27H2,1-3H3. The van der Waals surface area contributed by atoms with E-state index in [9.17, 15) is 9.59 Å². The summed E-state index contributed by atoms with van der Waals surface area (Å²) in [7, 11) is 3.64. The van der Waals surface area contributed by atoms with Crippen LogP contribution in [0.25, 0.3) is 0 Å². The number of nitrogens with two attached hydrogens (primary N) is 1. The highest BCUT2D eigenvalue weighted by Crippen LogP contribution is 2.32. The topological polar surface area (TPSA) is 63.4 Å². The molecule has 0 aromatic heterocycles. The Balaban J connectivity index is 1.92. The van der Waals surface area contributed by atoms with Crippen LogP contribution in [0.1, 0.15) is 99.4 Å². The molecule has 2 N–H and O–H groups in total. The maximum Gasteiger partial charge on any atom is 0.222 e. The molecular weight excluding hydrogens is 372 g/mol. The van der Waals surface area contributed by atoms with E-state index in [4.69, 9.17) is 5.73 Å². The van der Waals surface area contributed by atoms with Gasteiger partial charge in [-0.25, -0.2) is 0 Å². The number of hydrogen-bond donors (Lipinski definition) is 1. The van der Waals surface area contributed by atoms with Crippen molar-refractivity contribution in [2.24, 2.45) is 17.6 Å². The van der Waals surface area contributed by atoms with Crippen molar-refractivity contribution < 1.29 is 9.59 Å². The fraction of sp³-hybridized carbons (Fsp3) is 0.692. The Morgan fingerprint density at radius 3 is 2.20 bits per heavy atom. The van der Waals surface area contributed by atoms with Crippen LogP contribution in [-0.4, -0.2) is 37.2 Å². The first-order valence-corrected chi connectivity index (χ1v) is 12.0. The van der Waals surface area contributed by atoms with Gasteiger partial charge in [-0.2, -0.15) is 0 Å². The van der Waals surface area contributed by atoms with Crippen LogP contribution >= 0.6 is 0 Å². The minimum atomic E-state index is 0.170. The molecule has 0 bridgehead atoms. The summed E-state index contributed by atoms with van der Waals surface area (Å²) >= 11 is 0. The van der Waals surface area contributed by atoms with Crippen molar-refractivity contribution in [2.75, 3.05) is 20.6 Å². The molecule has 0 saturated heterocycles. The zero-order valence-corrected chi connectivity index (χ0v) is 19.4. The lowest BCUT2D eigenvalue weighted by atomic mass is 9.78. The van der Waals surface area contributed by atoms with Crippen molar-refractivity contribution >= 4 is 11.7 Å². The van der Waals surface area contributed by atoms with Crippen molar-refractivity contribution in [1.82, 2.24) is 4.90 Å². The average Bonchev–Trinajstić information content (AvgIpc) is 2.78.